The molecule has 26 heavy (non-hydrogen) atoms. The Bertz CT molecular complexity index is 920. The van der Waals surface area contributed by atoms with Gasteiger partial charge in [0, 0.05) is 46.7 Å². The van der Waals surface area contributed by atoms with E-state index in [0.29, 0.717) is 23.3 Å². The molecular formula is C17H16BrF4N3S. The number of aromatic amines is 1. The maximum atomic E-state index is 14.4. The van der Waals surface area contributed by atoms with Crippen LogP contribution in [0.25, 0.3) is 0 Å². The highest BCUT2D eigenvalue weighted by Gasteiger charge is 2.63. The predicted octanol–water partition coefficient (Wildman–Crippen LogP) is 4.58. The Morgan fingerprint density at radius 2 is 2.15 bits per heavy atom. The van der Waals surface area contributed by atoms with E-state index >= 15 is 0 Å². The van der Waals surface area contributed by atoms with Crippen LogP contribution in [0.1, 0.15) is 29.3 Å². The first-order valence-corrected chi connectivity index (χ1v) is 9.46. The van der Waals surface area contributed by atoms with Gasteiger partial charge in [0.2, 0.25) is 0 Å². The van der Waals surface area contributed by atoms with Gasteiger partial charge < -0.3 is 14.9 Å². The number of imidazole rings is 1. The van der Waals surface area contributed by atoms with Crippen LogP contribution in [-0.4, -0.2) is 28.8 Å². The number of hydrogen-bond donors (Lipinski definition) is 2. The van der Waals surface area contributed by atoms with Crippen LogP contribution in [0.5, 0.6) is 0 Å². The van der Waals surface area contributed by atoms with Crippen LogP contribution in [0.4, 0.5) is 17.6 Å². The number of fused-ring (bicyclic) bond motifs is 3. The molecule has 1 aromatic carbocycles. The lowest BCUT2D eigenvalue weighted by atomic mass is 9.93. The van der Waals surface area contributed by atoms with Gasteiger partial charge in [-0.15, -0.1) is 0 Å². The maximum absolute atomic E-state index is 14.4. The van der Waals surface area contributed by atoms with Gasteiger partial charge in [0.25, 0.3) is 0 Å². The van der Waals surface area contributed by atoms with E-state index in [1.54, 1.807) is 6.07 Å². The van der Waals surface area contributed by atoms with Crippen LogP contribution in [0.3, 0.4) is 0 Å². The van der Waals surface area contributed by atoms with Crippen molar-refractivity contribution in [1.29, 1.82) is 0 Å². The zero-order chi connectivity index (χ0) is 18.7. The Hall–Kier alpha value is -1.19. The van der Waals surface area contributed by atoms with E-state index in [9.17, 15) is 17.6 Å². The second-order valence-corrected chi connectivity index (χ2v) is 8.26. The van der Waals surface area contributed by atoms with Gasteiger partial charge in [-0.1, -0.05) is 15.9 Å². The van der Waals surface area contributed by atoms with E-state index < -0.39 is 12.7 Å². The van der Waals surface area contributed by atoms with E-state index in [4.69, 9.17) is 12.2 Å². The third kappa shape index (κ3) is 3.03. The van der Waals surface area contributed by atoms with Crippen molar-refractivity contribution < 1.29 is 17.6 Å². The first-order valence-electron chi connectivity index (χ1n) is 8.26. The van der Waals surface area contributed by atoms with E-state index in [0.717, 1.165) is 22.3 Å². The van der Waals surface area contributed by atoms with Crippen LogP contribution < -0.4 is 5.32 Å². The molecule has 1 fully saturated rings. The van der Waals surface area contributed by atoms with Gasteiger partial charge >= 0.3 is 6.18 Å². The van der Waals surface area contributed by atoms with Gasteiger partial charge in [-0.25, -0.2) is 4.39 Å². The number of H-pyrrole nitrogens is 1. The minimum atomic E-state index is -4.22. The molecule has 2 heterocycles. The summed E-state index contributed by atoms with van der Waals surface area (Å²) in [4.78, 5) is 3.12. The van der Waals surface area contributed by atoms with E-state index in [1.165, 1.54) is 6.07 Å². The summed E-state index contributed by atoms with van der Waals surface area (Å²) in [5.41, 5.74) is 2.25. The minimum absolute atomic E-state index is 0.150. The standard InChI is InChI=1S/C17H16BrF4N3S/c18-9-1-2-12(19)10(5-9)16-6-11(16)14-13(24-15(26)25(14)8-16)3-4-23-7-17(20,21)22/h1-2,5,11,23H,3-4,6-8H2,(H,24,26)/t11-,16+/m0/s1. The number of aromatic nitrogens is 2. The van der Waals surface area contributed by atoms with Crippen molar-refractivity contribution in [2.24, 2.45) is 0 Å². The van der Waals surface area contributed by atoms with Crippen LogP contribution in [-0.2, 0) is 18.4 Å². The summed E-state index contributed by atoms with van der Waals surface area (Å²) in [5, 5.41) is 2.41. The fourth-order valence-electron chi connectivity index (χ4n) is 4.10. The Morgan fingerprint density at radius 1 is 1.38 bits per heavy atom. The van der Waals surface area contributed by atoms with Gasteiger partial charge in [-0.05, 0) is 42.4 Å². The fourth-order valence-corrected chi connectivity index (χ4v) is 4.75. The second kappa shape index (κ2) is 6.17. The molecule has 140 valence electrons. The molecule has 0 amide bonds. The first-order chi connectivity index (χ1) is 12.2. The molecule has 1 aliphatic heterocycles. The molecule has 1 saturated carbocycles. The molecule has 1 aromatic heterocycles. The van der Waals surface area contributed by atoms with Crippen LogP contribution in [0.2, 0.25) is 0 Å². The Morgan fingerprint density at radius 3 is 2.88 bits per heavy atom. The zero-order valence-corrected chi connectivity index (χ0v) is 16.0. The molecular weight excluding hydrogens is 434 g/mol. The van der Waals surface area contributed by atoms with Crippen molar-refractivity contribution >= 4 is 28.1 Å². The highest BCUT2D eigenvalue weighted by atomic mass is 79.9. The number of nitrogens with zero attached hydrogens (tertiary/aromatic N) is 1. The molecule has 0 saturated heterocycles. The molecule has 2 aromatic rings. The number of hydrogen-bond acceptors (Lipinski definition) is 2. The number of benzene rings is 1. The molecule has 2 atom stereocenters. The summed E-state index contributed by atoms with van der Waals surface area (Å²) in [6.45, 7) is -0.209. The van der Waals surface area contributed by atoms with Gasteiger partial charge in [-0.3, -0.25) is 0 Å². The molecule has 0 unspecified atom stereocenters. The lowest BCUT2D eigenvalue weighted by molar-refractivity contribution is -0.124. The molecule has 2 aliphatic rings. The summed E-state index contributed by atoms with van der Waals surface area (Å²) >= 11 is 8.77. The Kier molecular flexibility index (Phi) is 4.32. The van der Waals surface area contributed by atoms with Crippen molar-refractivity contribution in [2.75, 3.05) is 13.1 Å². The maximum Gasteiger partial charge on any atom is 0.401 e. The monoisotopic (exact) mass is 449 g/mol. The third-order valence-electron chi connectivity index (χ3n) is 5.29. The highest BCUT2D eigenvalue weighted by molar-refractivity contribution is 9.10. The zero-order valence-electron chi connectivity index (χ0n) is 13.6. The Labute approximate surface area is 160 Å². The second-order valence-electron chi connectivity index (χ2n) is 6.96. The van der Waals surface area contributed by atoms with Crippen molar-refractivity contribution in [3.63, 3.8) is 0 Å². The van der Waals surface area contributed by atoms with Crippen LogP contribution in [0, 0.1) is 10.6 Å². The van der Waals surface area contributed by atoms with Crippen LogP contribution in [0.15, 0.2) is 22.7 Å². The summed E-state index contributed by atoms with van der Waals surface area (Å²) in [5.74, 6) is -0.0818. The normalized spacial score (nSPS) is 23.8. The molecule has 4 rings (SSSR count). The molecule has 0 bridgehead atoms. The third-order valence-corrected chi connectivity index (χ3v) is 6.11. The van der Waals surface area contributed by atoms with E-state index in [2.05, 4.69) is 26.2 Å². The van der Waals surface area contributed by atoms with Crippen molar-refractivity contribution in [1.82, 2.24) is 14.9 Å². The lowest BCUT2D eigenvalue weighted by Gasteiger charge is -2.14. The molecule has 0 radical (unpaired) electrons. The molecule has 0 spiro atoms. The largest absolute Gasteiger partial charge is 0.401 e. The highest BCUT2D eigenvalue weighted by Crippen LogP contribution is 2.66. The lowest BCUT2D eigenvalue weighted by Crippen LogP contribution is -2.30. The summed E-state index contributed by atoms with van der Waals surface area (Å²) in [6.07, 6.45) is -2.97. The molecule has 2 N–H and O–H groups in total. The Balaban J connectivity index is 1.55. The first kappa shape index (κ1) is 18.2. The fraction of sp³-hybridized carbons (Fsp3) is 0.471. The molecule has 1 aliphatic carbocycles. The van der Waals surface area contributed by atoms with Gasteiger partial charge in [0.15, 0.2) is 4.77 Å². The van der Waals surface area contributed by atoms with Crippen molar-refractivity contribution in [3.8, 4) is 0 Å². The quantitative estimate of drug-likeness (QED) is 0.397. The van der Waals surface area contributed by atoms with Gasteiger partial charge in [0.1, 0.15) is 5.82 Å². The predicted molar refractivity (Wildman–Crippen MR) is 95.4 cm³/mol. The van der Waals surface area contributed by atoms with Crippen LogP contribution >= 0.6 is 28.1 Å². The number of rotatable bonds is 5. The summed E-state index contributed by atoms with van der Waals surface area (Å²) in [7, 11) is 0. The number of alkyl halides is 3. The van der Waals surface area contributed by atoms with E-state index in [1.807, 2.05) is 10.6 Å². The number of nitrogens with one attached hydrogen (secondary N) is 2. The SMILES string of the molecule is Fc1ccc(Br)cc1[C@]12C[C@H]1c1c(CCNCC(F)(F)F)[nH]c(=S)n1C2. The summed E-state index contributed by atoms with van der Waals surface area (Å²) in [6, 6.07) is 4.95. The summed E-state index contributed by atoms with van der Waals surface area (Å²) < 4.78 is 54.5. The topological polar surface area (TPSA) is 32.8 Å². The van der Waals surface area contributed by atoms with Crippen molar-refractivity contribution in [2.45, 2.75) is 36.9 Å². The van der Waals surface area contributed by atoms with Crippen molar-refractivity contribution in [3.05, 3.63) is 50.2 Å². The van der Waals surface area contributed by atoms with Gasteiger partial charge in [0.05, 0.1) is 6.54 Å². The van der Waals surface area contributed by atoms with E-state index in [-0.39, 0.29) is 23.7 Å². The number of halogens is 5. The minimum Gasteiger partial charge on any atom is -0.334 e. The molecule has 9 heteroatoms. The average Bonchev–Trinajstić information content (AvgIpc) is 3.04. The average molecular weight is 450 g/mol. The molecule has 3 nitrogen and oxygen atoms in total. The van der Waals surface area contributed by atoms with Gasteiger partial charge in [-0.2, -0.15) is 13.2 Å². The smallest absolute Gasteiger partial charge is 0.334 e.